The van der Waals surface area contributed by atoms with Crippen LogP contribution in [0.4, 0.5) is 0 Å². The van der Waals surface area contributed by atoms with Gasteiger partial charge in [0.05, 0.1) is 6.04 Å². The number of nitrogens with one attached hydrogen (secondary N) is 1. The van der Waals surface area contributed by atoms with Gasteiger partial charge in [0.15, 0.2) is 11.5 Å². The number of hydrogen-bond donors (Lipinski definition) is 2. The first kappa shape index (κ1) is 13.5. The van der Waals surface area contributed by atoms with Crippen LogP contribution in [0.1, 0.15) is 38.6 Å². The number of carboxylic acids is 1. The van der Waals surface area contributed by atoms with Gasteiger partial charge in [-0.15, -0.1) is 10.2 Å². The lowest BCUT2D eigenvalue weighted by Crippen LogP contribution is -2.30. The molecule has 0 radical (unpaired) electrons. The van der Waals surface area contributed by atoms with E-state index >= 15 is 0 Å². The summed E-state index contributed by atoms with van der Waals surface area (Å²) < 4.78 is 1.93. The Morgan fingerprint density at radius 2 is 2.21 bits per heavy atom. The minimum Gasteiger partial charge on any atom is -0.481 e. The van der Waals surface area contributed by atoms with Crippen molar-refractivity contribution in [3.05, 3.63) is 30.2 Å². The molecule has 6 heteroatoms. The maximum absolute atomic E-state index is 10.5. The van der Waals surface area contributed by atoms with Crippen LogP contribution >= 0.6 is 0 Å². The molecule has 2 N–H and O–H groups in total. The second kappa shape index (κ2) is 5.79. The summed E-state index contributed by atoms with van der Waals surface area (Å²) in [5.41, 5.74) is 0.810. The van der Waals surface area contributed by atoms with E-state index in [1.807, 2.05) is 42.6 Å². The van der Waals surface area contributed by atoms with Crippen LogP contribution in [0.25, 0.3) is 5.65 Å². The lowest BCUT2D eigenvalue weighted by molar-refractivity contribution is -0.137. The maximum atomic E-state index is 10.5. The summed E-state index contributed by atoms with van der Waals surface area (Å²) in [6.45, 7) is 3.98. The molecule has 2 heterocycles. The van der Waals surface area contributed by atoms with Crippen molar-refractivity contribution < 1.29 is 9.90 Å². The summed E-state index contributed by atoms with van der Waals surface area (Å²) in [7, 11) is 0. The SMILES string of the molecule is CC(CCC(=O)O)NC(C)c1nnc2ccccn12. The topological polar surface area (TPSA) is 79.5 Å². The van der Waals surface area contributed by atoms with E-state index in [4.69, 9.17) is 5.11 Å². The molecule has 0 fully saturated rings. The molecular weight excluding hydrogens is 244 g/mol. The smallest absolute Gasteiger partial charge is 0.303 e. The van der Waals surface area contributed by atoms with Crippen LogP contribution in [0, 0.1) is 0 Å². The van der Waals surface area contributed by atoms with E-state index in [1.54, 1.807) is 0 Å². The molecule has 19 heavy (non-hydrogen) atoms. The van der Waals surface area contributed by atoms with Crippen molar-refractivity contribution in [1.29, 1.82) is 0 Å². The highest BCUT2D eigenvalue weighted by Crippen LogP contribution is 2.13. The molecule has 0 saturated heterocycles. The van der Waals surface area contributed by atoms with E-state index in [1.165, 1.54) is 0 Å². The van der Waals surface area contributed by atoms with Gasteiger partial charge in [0.25, 0.3) is 0 Å². The fourth-order valence-corrected chi connectivity index (χ4v) is 2.08. The van der Waals surface area contributed by atoms with E-state index in [0.29, 0.717) is 6.42 Å². The van der Waals surface area contributed by atoms with Gasteiger partial charge in [-0.2, -0.15) is 0 Å². The Morgan fingerprint density at radius 3 is 2.95 bits per heavy atom. The predicted molar refractivity (Wildman–Crippen MR) is 70.9 cm³/mol. The van der Waals surface area contributed by atoms with Crippen molar-refractivity contribution in [1.82, 2.24) is 19.9 Å². The number of carbonyl (C=O) groups is 1. The van der Waals surface area contributed by atoms with Crippen LogP contribution in [-0.4, -0.2) is 31.7 Å². The third kappa shape index (κ3) is 3.29. The fraction of sp³-hybridized carbons (Fsp3) is 0.462. The molecule has 2 unspecified atom stereocenters. The van der Waals surface area contributed by atoms with Crippen LogP contribution in [0.15, 0.2) is 24.4 Å². The van der Waals surface area contributed by atoms with Crippen molar-refractivity contribution in [3.8, 4) is 0 Å². The van der Waals surface area contributed by atoms with E-state index in [-0.39, 0.29) is 18.5 Å². The van der Waals surface area contributed by atoms with Crippen molar-refractivity contribution in [2.24, 2.45) is 0 Å². The summed E-state index contributed by atoms with van der Waals surface area (Å²) >= 11 is 0. The van der Waals surface area contributed by atoms with Gasteiger partial charge in [-0.05, 0) is 32.4 Å². The predicted octanol–water partition coefficient (Wildman–Crippen LogP) is 1.63. The first-order chi connectivity index (χ1) is 9.08. The molecule has 0 aliphatic heterocycles. The lowest BCUT2D eigenvalue weighted by Gasteiger charge is -2.18. The quantitative estimate of drug-likeness (QED) is 0.827. The number of rotatable bonds is 6. The Hall–Kier alpha value is -1.95. The Kier molecular flexibility index (Phi) is 4.11. The molecule has 102 valence electrons. The molecular formula is C13H18N4O2. The minimum absolute atomic E-state index is 0.0150. The number of fused-ring (bicyclic) bond motifs is 1. The third-order valence-corrected chi connectivity index (χ3v) is 3.05. The second-order valence-corrected chi connectivity index (χ2v) is 4.71. The van der Waals surface area contributed by atoms with Crippen LogP contribution in [0.5, 0.6) is 0 Å². The molecule has 2 aromatic rings. The zero-order valence-electron chi connectivity index (χ0n) is 11.1. The van der Waals surface area contributed by atoms with Gasteiger partial charge in [0, 0.05) is 18.7 Å². The molecule has 2 aromatic heterocycles. The summed E-state index contributed by atoms with van der Waals surface area (Å²) in [4.78, 5) is 10.5. The van der Waals surface area contributed by atoms with Crippen LogP contribution in [-0.2, 0) is 4.79 Å². The molecule has 0 aliphatic carbocycles. The van der Waals surface area contributed by atoms with Gasteiger partial charge in [0.1, 0.15) is 0 Å². The molecule has 0 amide bonds. The van der Waals surface area contributed by atoms with E-state index in [9.17, 15) is 4.79 Å². The number of aliphatic carboxylic acids is 1. The fourth-order valence-electron chi connectivity index (χ4n) is 2.08. The average Bonchev–Trinajstić information content (AvgIpc) is 2.80. The molecule has 0 aromatic carbocycles. The van der Waals surface area contributed by atoms with Gasteiger partial charge in [-0.25, -0.2) is 0 Å². The third-order valence-electron chi connectivity index (χ3n) is 3.05. The summed E-state index contributed by atoms with van der Waals surface area (Å²) in [5.74, 6) is 0.0620. The van der Waals surface area contributed by atoms with Gasteiger partial charge >= 0.3 is 5.97 Å². The average molecular weight is 262 g/mol. The number of carboxylic acid groups (broad SMARTS) is 1. The van der Waals surface area contributed by atoms with E-state index in [0.717, 1.165) is 11.5 Å². The summed E-state index contributed by atoms with van der Waals surface area (Å²) in [6, 6.07) is 5.88. The van der Waals surface area contributed by atoms with Crippen LogP contribution in [0.3, 0.4) is 0 Å². The van der Waals surface area contributed by atoms with Crippen molar-refractivity contribution in [2.75, 3.05) is 0 Å². The van der Waals surface area contributed by atoms with E-state index < -0.39 is 5.97 Å². The zero-order chi connectivity index (χ0) is 13.8. The maximum Gasteiger partial charge on any atom is 0.303 e. The highest BCUT2D eigenvalue weighted by Gasteiger charge is 2.15. The summed E-state index contributed by atoms with van der Waals surface area (Å²) in [5, 5.41) is 20.3. The first-order valence-corrected chi connectivity index (χ1v) is 6.35. The van der Waals surface area contributed by atoms with Gasteiger partial charge < -0.3 is 10.4 Å². The molecule has 0 aliphatic rings. The Morgan fingerprint density at radius 1 is 1.42 bits per heavy atom. The minimum atomic E-state index is -0.769. The molecule has 2 atom stereocenters. The Bertz CT molecular complexity index is 567. The van der Waals surface area contributed by atoms with Gasteiger partial charge in [-0.3, -0.25) is 9.20 Å². The van der Waals surface area contributed by atoms with Crippen LogP contribution in [0.2, 0.25) is 0 Å². The highest BCUT2D eigenvalue weighted by molar-refractivity contribution is 5.66. The molecule has 0 saturated carbocycles. The molecule has 6 nitrogen and oxygen atoms in total. The second-order valence-electron chi connectivity index (χ2n) is 4.71. The monoisotopic (exact) mass is 262 g/mol. The lowest BCUT2D eigenvalue weighted by atomic mass is 10.1. The zero-order valence-corrected chi connectivity index (χ0v) is 11.1. The normalized spacial score (nSPS) is 14.4. The largest absolute Gasteiger partial charge is 0.481 e. The number of hydrogen-bond acceptors (Lipinski definition) is 4. The van der Waals surface area contributed by atoms with Crippen molar-refractivity contribution in [2.45, 2.75) is 38.8 Å². The van der Waals surface area contributed by atoms with Crippen molar-refractivity contribution >= 4 is 11.6 Å². The number of pyridine rings is 1. The molecule has 2 rings (SSSR count). The van der Waals surface area contributed by atoms with E-state index in [2.05, 4.69) is 15.5 Å². The molecule has 0 bridgehead atoms. The Balaban J connectivity index is 2.03. The number of nitrogens with zero attached hydrogens (tertiary/aromatic N) is 3. The van der Waals surface area contributed by atoms with Gasteiger partial charge in [-0.1, -0.05) is 6.07 Å². The van der Waals surface area contributed by atoms with Gasteiger partial charge in [0.2, 0.25) is 0 Å². The molecule has 0 spiro atoms. The van der Waals surface area contributed by atoms with Crippen molar-refractivity contribution in [3.63, 3.8) is 0 Å². The van der Waals surface area contributed by atoms with Crippen LogP contribution < -0.4 is 5.32 Å². The summed E-state index contributed by atoms with van der Waals surface area (Å²) in [6.07, 6.45) is 2.68. The highest BCUT2D eigenvalue weighted by atomic mass is 16.4. The Labute approximate surface area is 111 Å². The standard InChI is InChI=1S/C13H18N4O2/c1-9(6-7-12(18)19)14-10(2)13-16-15-11-5-3-4-8-17(11)13/h3-5,8-10,14H,6-7H2,1-2H3,(H,18,19). The first-order valence-electron chi connectivity index (χ1n) is 6.35. The number of aromatic nitrogens is 3.